The van der Waals surface area contributed by atoms with E-state index in [2.05, 4.69) is 45.4 Å². The van der Waals surface area contributed by atoms with E-state index in [0.717, 1.165) is 35.5 Å². The minimum atomic E-state index is 0.567. The molecular formula is C15H24BrN3O2. The zero-order valence-corrected chi connectivity index (χ0v) is 14.7. The molecule has 0 bridgehead atoms. The van der Waals surface area contributed by atoms with Crippen LogP contribution in [-0.4, -0.2) is 33.3 Å². The molecule has 0 aliphatic heterocycles. The predicted octanol–water partition coefficient (Wildman–Crippen LogP) is 2.93. The summed E-state index contributed by atoms with van der Waals surface area (Å²) in [6.07, 6.45) is 1.06. The smallest absolute Gasteiger partial charge is 0.191 e. The third-order valence-electron chi connectivity index (χ3n) is 2.80. The van der Waals surface area contributed by atoms with E-state index in [0.29, 0.717) is 18.0 Å². The first kappa shape index (κ1) is 17.6. The molecule has 0 saturated heterocycles. The van der Waals surface area contributed by atoms with Crippen molar-refractivity contribution >= 4 is 21.9 Å². The fourth-order valence-electron chi connectivity index (χ4n) is 1.82. The Bertz CT molecular complexity index is 478. The van der Waals surface area contributed by atoms with E-state index in [9.17, 15) is 0 Å². The molecule has 1 rings (SSSR count). The summed E-state index contributed by atoms with van der Waals surface area (Å²) >= 11 is 3.49. The number of ether oxygens (including phenoxy) is 2. The lowest BCUT2D eigenvalue weighted by molar-refractivity contribution is 0.352. The number of nitrogens with zero attached hydrogens (tertiary/aromatic N) is 1. The largest absolute Gasteiger partial charge is 0.493 e. The average molecular weight is 358 g/mol. The number of halogens is 1. The van der Waals surface area contributed by atoms with E-state index < -0.39 is 0 Å². The van der Waals surface area contributed by atoms with Crippen LogP contribution < -0.4 is 20.1 Å². The second-order valence-electron chi connectivity index (χ2n) is 4.44. The highest BCUT2D eigenvalue weighted by molar-refractivity contribution is 9.10. The van der Waals surface area contributed by atoms with Gasteiger partial charge < -0.3 is 20.1 Å². The highest BCUT2D eigenvalue weighted by Gasteiger charge is 2.10. The summed E-state index contributed by atoms with van der Waals surface area (Å²) in [5.74, 6) is 2.22. The van der Waals surface area contributed by atoms with E-state index in [1.807, 2.05) is 12.1 Å². The Hall–Kier alpha value is -1.43. The van der Waals surface area contributed by atoms with Gasteiger partial charge in [0.1, 0.15) is 0 Å². The molecule has 0 radical (unpaired) electrons. The molecule has 0 spiro atoms. The van der Waals surface area contributed by atoms with Crippen molar-refractivity contribution in [2.75, 3.05) is 27.3 Å². The quantitative estimate of drug-likeness (QED) is 0.581. The van der Waals surface area contributed by atoms with E-state index in [1.165, 1.54) is 0 Å². The topological polar surface area (TPSA) is 54.9 Å². The third-order valence-corrected chi connectivity index (χ3v) is 3.39. The number of rotatable bonds is 7. The van der Waals surface area contributed by atoms with E-state index in [-0.39, 0.29) is 0 Å². The molecule has 0 aliphatic carbocycles. The molecule has 21 heavy (non-hydrogen) atoms. The SMILES string of the molecule is CCCNC(=NCc1cc(Br)c(OC)c(OC)c1)NCC. The second kappa shape index (κ2) is 9.50. The molecular weight excluding hydrogens is 334 g/mol. The van der Waals surface area contributed by atoms with E-state index >= 15 is 0 Å². The first-order valence-electron chi connectivity index (χ1n) is 7.08. The van der Waals surface area contributed by atoms with E-state index in [4.69, 9.17) is 9.47 Å². The highest BCUT2D eigenvalue weighted by Crippen LogP contribution is 2.36. The Labute approximate surface area is 135 Å². The molecule has 0 saturated carbocycles. The lowest BCUT2D eigenvalue weighted by Crippen LogP contribution is -2.37. The van der Waals surface area contributed by atoms with Gasteiger partial charge in [-0.15, -0.1) is 0 Å². The molecule has 0 heterocycles. The molecule has 118 valence electrons. The Kier molecular flexibility index (Phi) is 7.97. The maximum absolute atomic E-state index is 5.34. The van der Waals surface area contributed by atoms with Crippen molar-refractivity contribution in [3.63, 3.8) is 0 Å². The van der Waals surface area contributed by atoms with Gasteiger partial charge in [-0.25, -0.2) is 4.99 Å². The molecule has 0 aliphatic rings. The summed E-state index contributed by atoms with van der Waals surface area (Å²) in [5, 5.41) is 6.50. The molecule has 0 amide bonds. The van der Waals surface area contributed by atoms with Gasteiger partial charge in [0.05, 0.1) is 25.2 Å². The van der Waals surface area contributed by atoms with Crippen molar-refractivity contribution in [1.82, 2.24) is 10.6 Å². The van der Waals surface area contributed by atoms with Crippen molar-refractivity contribution in [3.8, 4) is 11.5 Å². The number of hydrogen-bond donors (Lipinski definition) is 2. The zero-order valence-electron chi connectivity index (χ0n) is 13.1. The van der Waals surface area contributed by atoms with Crippen molar-refractivity contribution in [2.24, 2.45) is 4.99 Å². The standard InChI is InChI=1S/C15H24BrN3O2/c1-5-7-18-15(17-6-2)19-10-11-8-12(16)14(21-4)13(9-11)20-3/h8-9H,5-7,10H2,1-4H3,(H2,17,18,19). The van der Waals surface area contributed by atoms with Gasteiger partial charge in [-0.1, -0.05) is 6.92 Å². The summed E-state index contributed by atoms with van der Waals surface area (Å²) < 4.78 is 11.5. The normalized spacial score (nSPS) is 11.2. The molecule has 1 aromatic rings. The summed E-state index contributed by atoms with van der Waals surface area (Å²) in [5.41, 5.74) is 1.05. The number of hydrogen-bond acceptors (Lipinski definition) is 3. The van der Waals surface area contributed by atoms with Crippen LogP contribution in [0.4, 0.5) is 0 Å². The summed E-state index contributed by atoms with van der Waals surface area (Å²) in [6, 6.07) is 3.94. The lowest BCUT2D eigenvalue weighted by Gasteiger charge is -2.12. The van der Waals surface area contributed by atoms with Gasteiger partial charge in [-0.05, 0) is 47.0 Å². The van der Waals surface area contributed by atoms with Crippen LogP contribution in [-0.2, 0) is 6.54 Å². The van der Waals surface area contributed by atoms with Gasteiger partial charge in [0.15, 0.2) is 17.5 Å². The average Bonchev–Trinajstić information content (AvgIpc) is 2.49. The van der Waals surface area contributed by atoms with Crippen LogP contribution in [0, 0.1) is 0 Å². The summed E-state index contributed by atoms with van der Waals surface area (Å²) in [7, 11) is 3.25. The monoisotopic (exact) mass is 357 g/mol. The van der Waals surface area contributed by atoms with Crippen LogP contribution in [0.2, 0.25) is 0 Å². The van der Waals surface area contributed by atoms with Gasteiger partial charge >= 0.3 is 0 Å². The molecule has 6 heteroatoms. The van der Waals surface area contributed by atoms with Gasteiger partial charge in [0.25, 0.3) is 0 Å². The second-order valence-corrected chi connectivity index (χ2v) is 5.29. The van der Waals surface area contributed by atoms with Crippen molar-refractivity contribution < 1.29 is 9.47 Å². The van der Waals surface area contributed by atoms with Gasteiger partial charge in [-0.2, -0.15) is 0 Å². The van der Waals surface area contributed by atoms with Crippen LogP contribution in [0.1, 0.15) is 25.8 Å². The molecule has 0 aromatic heterocycles. The van der Waals surface area contributed by atoms with Crippen LogP contribution in [0.15, 0.2) is 21.6 Å². The molecule has 0 fully saturated rings. The molecule has 0 unspecified atom stereocenters. The summed E-state index contributed by atoms with van der Waals surface area (Å²) in [6.45, 7) is 6.49. The van der Waals surface area contributed by atoms with E-state index in [1.54, 1.807) is 14.2 Å². The third kappa shape index (κ3) is 5.46. The number of aliphatic imine (C=N–C) groups is 1. The number of nitrogens with one attached hydrogen (secondary N) is 2. The van der Waals surface area contributed by atoms with Crippen molar-refractivity contribution in [2.45, 2.75) is 26.8 Å². The van der Waals surface area contributed by atoms with Gasteiger partial charge in [-0.3, -0.25) is 0 Å². The molecule has 1 aromatic carbocycles. The van der Waals surface area contributed by atoms with Crippen LogP contribution in [0.5, 0.6) is 11.5 Å². The van der Waals surface area contributed by atoms with Gasteiger partial charge in [0, 0.05) is 13.1 Å². The summed E-state index contributed by atoms with van der Waals surface area (Å²) in [4.78, 5) is 4.57. The van der Waals surface area contributed by atoms with Crippen LogP contribution >= 0.6 is 15.9 Å². The van der Waals surface area contributed by atoms with Crippen LogP contribution in [0.25, 0.3) is 0 Å². The van der Waals surface area contributed by atoms with Crippen LogP contribution in [0.3, 0.4) is 0 Å². The zero-order chi connectivity index (χ0) is 15.7. The Morgan fingerprint density at radius 2 is 1.95 bits per heavy atom. The molecule has 5 nitrogen and oxygen atoms in total. The Balaban J connectivity index is 2.88. The maximum Gasteiger partial charge on any atom is 0.191 e. The number of benzene rings is 1. The molecule has 2 N–H and O–H groups in total. The fourth-order valence-corrected chi connectivity index (χ4v) is 2.47. The fraction of sp³-hybridized carbons (Fsp3) is 0.533. The van der Waals surface area contributed by atoms with Crippen molar-refractivity contribution in [3.05, 3.63) is 22.2 Å². The number of guanidine groups is 1. The maximum atomic E-state index is 5.34. The van der Waals surface area contributed by atoms with Gasteiger partial charge in [0.2, 0.25) is 0 Å². The predicted molar refractivity (Wildman–Crippen MR) is 90.4 cm³/mol. The Morgan fingerprint density at radius 3 is 2.52 bits per heavy atom. The minimum absolute atomic E-state index is 0.567. The van der Waals surface area contributed by atoms with Crippen molar-refractivity contribution in [1.29, 1.82) is 0 Å². The first-order chi connectivity index (χ1) is 10.2. The molecule has 0 atom stereocenters. The number of methoxy groups -OCH3 is 2. The lowest BCUT2D eigenvalue weighted by atomic mass is 10.2. The first-order valence-corrected chi connectivity index (χ1v) is 7.88. The highest BCUT2D eigenvalue weighted by atomic mass is 79.9. The Morgan fingerprint density at radius 1 is 1.19 bits per heavy atom. The minimum Gasteiger partial charge on any atom is -0.493 e.